The average molecular weight is 310 g/mol. The second-order valence-corrected chi connectivity index (χ2v) is 5.80. The van der Waals surface area contributed by atoms with E-state index in [1.807, 2.05) is 0 Å². The van der Waals surface area contributed by atoms with E-state index in [4.69, 9.17) is 0 Å². The lowest BCUT2D eigenvalue weighted by molar-refractivity contribution is -0.135. The van der Waals surface area contributed by atoms with E-state index in [9.17, 15) is 23.1 Å². The number of amides is 2. The molecule has 1 aliphatic carbocycles. The van der Waals surface area contributed by atoms with Gasteiger partial charge < -0.3 is 15.3 Å². The number of unbranched alkanes of at least 4 members (excludes halogenated alkanes) is 1. The fourth-order valence-electron chi connectivity index (χ4n) is 2.62. The van der Waals surface area contributed by atoms with E-state index in [0.29, 0.717) is 13.0 Å². The summed E-state index contributed by atoms with van der Waals surface area (Å²) in [6.45, 7) is 0.724. The minimum absolute atomic E-state index is 0.0227. The normalized spacial score (nSPS) is 22.9. The Kier molecular flexibility index (Phi) is 7.28. The van der Waals surface area contributed by atoms with E-state index in [2.05, 4.69) is 5.32 Å². The third kappa shape index (κ3) is 7.55. The lowest BCUT2D eigenvalue weighted by atomic mass is 9.86. The van der Waals surface area contributed by atoms with Crippen LogP contribution in [0.25, 0.3) is 0 Å². The maximum Gasteiger partial charge on any atom is 0.389 e. The average Bonchev–Trinajstić information content (AvgIpc) is 2.39. The van der Waals surface area contributed by atoms with Crippen LogP contribution in [-0.4, -0.2) is 48.5 Å². The summed E-state index contributed by atoms with van der Waals surface area (Å²) in [5.41, 5.74) is 0. The zero-order valence-corrected chi connectivity index (χ0v) is 12.5. The predicted octanol–water partition coefficient (Wildman–Crippen LogP) is 2.91. The van der Waals surface area contributed by atoms with Gasteiger partial charge >= 0.3 is 12.2 Å². The maximum absolute atomic E-state index is 11.9. The quantitative estimate of drug-likeness (QED) is 0.741. The van der Waals surface area contributed by atoms with E-state index in [1.54, 1.807) is 7.05 Å². The maximum atomic E-state index is 11.9. The van der Waals surface area contributed by atoms with E-state index in [0.717, 1.165) is 25.7 Å². The lowest BCUT2D eigenvalue weighted by Gasteiger charge is -2.31. The van der Waals surface area contributed by atoms with Gasteiger partial charge in [0.25, 0.3) is 0 Å². The molecule has 0 aromatic heterocycles. The van der Waals surface area contributed by atoms with Gasteiger partial charge in [0.2, 0.25) is 0 Å². The molecule has 1 aliphatic rings. The summed E-state index contributed by atoms with van der Waals surface area (Å²) >= 11 is 0. The van der Waals surface area contributed by atoms with Gasteiger partial charge in [-0.25, -0.2) is 4.79 Å². The van der Waals surface area contributed by atoms with Crippen LogP contribution in [0.15, 0.2) is 0 Å². The SMILES string of the molecule is CN(CC1CCCCC1O)C(=O)NCCCCC(F)(F)F. The Morgan fingerprint density at radius 2 is 1.95 bits per heavy atom. The number of aliphatic hydroxyl groups excluding tert-OH is 1. The zero-order valence-electron chi connectivity index (χ0n) is 12.5. The number of rotatable bonds is 6. The molecule has 1 fully saturated rings. The molecule has 1 rings (SSSR count). The molecule has 124 valence electrons. The molecular weight excluding hydrogens is 285 g/mol. The Bertz CT molecular complexity index is 324. The van der Waals surface area contributed by atoms with Crippen molar-refractivity contribution in [2.75, 3.05) is 20.1 Å². The van der Waals surface area contributed by atoms with Gasteiger partial charge in [-0.05, 0) is 25.7 Å². The Balaban J connectivity index is 2.16. The van der Waals surface area contributed by atoms with Gasteiger partial charge in [-0.2, -0.15) is 13.2 Å². The smallest absolute Gasteiger partial charge is 0.389 e. The summed E-state index contributed by atoms with van der Waals surface area (Å²) in [5.74, 6) is 0.0970. The van der Waals surface area contributed by atoms with Crippen LogP contribution in [0, 0.1) is 5.92 Å². The molecule has 0 bridgehead atoms. The highest BCUT2D eigenvalue weighted by molar-refractivity contribution is 5.73. The number of hydrogen-bond donors (Lipinski definition) is 2. The molecule has 2 unspecified atom stereocenters. The fraction of sp³-hybridized carbons (Fsp3) is 0.929. The van der Waals surface area contributed by atoms with Gasteiger partial charge in [-0.3, -0.25) is 0 Å². The van der Waals surface area contributed by atoms with Crippen LogP contribution in [0.3, 0.4) is 0 Å². The lowest BCUT2D eigenvalue weighted by Crippen LogP contribution is -2.43. The molecular formula is C14H25F3N2O2. The number of aliphatic hydroxyl groups is 1. The van der Waals surface area contributed by atoms with Crippen LogP contribution >= 0.6 is 0 Å². The molecule has 7 heteroatoms. The molecule has 2 N–H and O–H groups in total. The largest absolute Gasteiger partial charge is 0.393 e. The van der Waals surface area contributed by atoms with Gasteiger partial charge in [-0.1, -0.05) is 12.8 Å². The summed E-state index contributed by atoms with van der Waals surface area (Å²) in [6, 6.07) is -0.292. The highest BCUT2D eigenvalue weighted by atomic mass is 19.4. The minimum Gasteiger partial charge on any atom is -0.393 e. The first-order valence-electron chi connectivity index (χ1n) is 7.53. The fourth-order valence-corrected chi connectivity index (χ4v) is 2.62. The number of nitrogens with zero attached hydrogens (tertiary/aromatic N) is 1. The highest BCUT2D eigenvalue weighted by Gasteiger charge is 2.26. The molecule has 21 heavy (non-hydrogen) atoms. The molecule has 4 nitrogen and oxygen atoms in total. The molecule has 0 aromatic carbocycles. The Labute approximate surface area is 123 Å². The van der Waals surface area contributed by atoms with Crippen LogP contribution in [0.5, 0.6) is 0 Å². The van der Waals surface area contributed by atoms with Crippen molar-refractivity contribution in [3.63, 3.8) is 0 Å². The molecule has 2 atom stereocenters. The first-order valence-corrected chi connectivity index (χ1v) is 7.53. The number of carbonyl (C=O) groups excluding carboxylic acids is 1. The van der Waals surface area contributed by atoms with Crippen molar-refractivity contribution in [3.05, 3.63) is 0 Å². The number of nitrogens with one attached hydrogen (secondary N) is 1. The van der Waals surface area contributed by atoms with E-state index >= 15 is 0 Å². The van der Waals surface area contributed by atoms with Crippen molar-refractivity contribution >= 4 is 6.03 Å². The first kappa shape index (κ1) is 18.1. The van der Waals surface area contributed by atoms with Crippen LogP contribution in [-0.2, 0) is 0 Å². The van der Waals surface area contributed by atoms with Crippen LogP contribution in [0.2, 0.25) is 0 Å². The van der Waals surface area contributed by atoms with Gasteiger partial charge in [0.15, 0.2) is 0 Å². The number of urea groups is 1. The molecule has 0 aliphatic heterocycles. The van der Waals surface area contributed by atoms with Crippen molar-refractivity contribution in [2.45, 2.75) is 57.2 Å². The van der Waals surface area contributed by atoms with Gasteiger partial charge in [0, 0.05) is 32.5 Å². The third-order valence-electron chi connectivity index (χ3n) is 3.89. The number of halogens is 3. The van der Waals surface area contributed by atoms with Crippen molar-refractivity contribution in [3.8, 4) is 0 Å². The third-order valence-corrected chi connectivity index (χ3v) is 3.89. The highest BCUT2D eigenvalue weighted by Crippen LogP contribution is 2.25. The molecule has 0 radical (unpaired) electrons. The van der Waals surface area contributed by atoms with E-state index in [-0.39, 0.29) is 31.0 Å². The van der Waals surface area contributed by atoms with E-state index in [1.165, 1.54) is 4.90 Å². The molecule has 0 heterocycles. The summed E-state index contributed by atoms with van der Waals surface area (Å²) in [6.07, 6.45) is -1.20. The predicted molar refractivity (Wildman–Crippen MR) is 73.9 cm³/mol. The first-order chi connectivity index (χ1) is 9.79. The van der Waals surface area contributed by atoms with Crippen molar-refractivity contribution in [2.24, 2.45) is 5.92 Å². The summed E-state index contributed by atoms with van der Waals surface area (Å²) in [5, 5.41) is 12.5. The van der Waals surface area contributed by atoms with Crippen molar-refractivity contribution in [1.82, 2.24) is 10.2 Å². The molecule has 2 amide bonds. The second-order valence-electron chi connectivity index (χ2n) is 5.80. The monoisotopic (exact) mass is 310 g/mol. The molecule has 0 spiro atoms. The van der Waals surface area contributed by atoms with Crippen LogP contribution in [0.1, 0.15) is 44.9 Å². The minimum atomic E-state index is -4.13. The summed E-state index contributed by atoms with van der Waals surface area (Å²) in [7, 11) is 1.65. The summed E-state index contributed by atoms with van der Waals surface area (Å²) < 4.78 is 35.8. The second kappa shape index (κ2) is 8.46. The topological polar surface area (TPSA) is 52.6 Å². The van der Waals surface area contributed by atoms with E-state index < -0.39 is 12.6 Å². The van der Waals surface area contributed by atoms with Gasteiger partial charge in [0.05, 0.1) is 6.10 Å². The standard InChI is InChI=1S/C14H25F3N2O2/c1-19(10-11-6-2-3-7-12(11)20)13(21)18-9-5-4-8-14(15,16)17/h11-12,20H,2-10H2,1H3,(H,18,21). The zero-order chi connectivity index (χ0) is 15.9. The van der Waals surface area contributed by atoms with Crippen molar-refractivity contribution in [1.29, 1.82) is 0 Å². The Morgan fingerprint density at radius 3 is 2.57 bits per heavy atom. The molecule has 0 aromatic rings. The van der Waals surface area contributed by atoms with Gasteiger partial charge in [-0.15, -0.1) is 0 Å². The van der Waals surface area contributed by atoms with Crippen LogP contribution < -0.4 is 5.32 Å². The molecule has 0 saturated heterocycles. The van der Waals surface area contributed by atoms with Gasteiger partial charge in [0.1, 0.15) is 0 Å². The van der Waals surface area contributed by atoms with Crippen LogP contribution in [0.4, 0.5) is 18.0 Å². The Hall–Kier alpha value is -0.980. The molecule has 1 saturated carbocycles. The number of hydrogen-bond acceptors (Lipinski definition) is 2. The number of alkyl halides is 3. The van der Waals surface area contributed by atoms with Crippen molar-refractivity contribution < 1.29 is 23.1 Å². The number of carbonyl (C=O) groups is 1. The summed E-state index contributed by atoms with van der Waals surface area (Å²) in [4.78, 5) is 13.3. The Morgan fingerprint density at radius 1 is 1.29 bits per heavy atom.